The third-order valence-electron chi connectivity index (χ3n) is 5.06. The Morgan fingerprint density at radius 3 is 2.06 bits per heavy atom. The van der Waals surface area contributed by atoms with Gasteiger partial charge in [-0.15, -0.1) is 0 Å². The first-order valence-electron chi connectivity index (χ1n) is 11.2. The molecule has 0 aliphatic rings. The van der Waals surface area contributed by atoms with Gasteiger partial charge in [-0.2, -0.15) is 0 Å². The molecule has 1 aromatic heterocycles. The highest BCUT2D eigenvalue weighted by molar-refractivity contribution is 5.94. The Hall–Kier alpha value is -3.48. The Balaban J connectivity index is 2.59. The summed E-state index contributed by atoms with van der Waals surface area (Å²) in [5.41, 5.74) is 11.6. The Morgan fingerprint density at radius 1 is 0.912 bits per heavy atom. The molecule has 0 spiro atoms. The lowest BCUT2D eigenvalue weighted by Gasteiger charge is -2.23. The van der Waals surface area contributed by atoms with Gasteiger partial charge in [-0.1, -0.05) is 0 Å². The van der Waals surface area contributed by atoms with Crippen LogP contribution in [0, 0.1) is 0 Å². The molecule has 4 atom stereocenters. The molecule has 1 heterocycles. The van der Waals surface area contributed by atoms with Gasteiger partial charge in [0, 0.05) is 18.8 Å². The average molecular weight is 481 g/mol. The number of unbranched alkanes of at least 4 members (excludes halogenated alkanes) is 1. The van der Waals surface area contributed by atoms with Gasteiger partial charge < -0.3 is 37.7 Å². The van der Waals surface area contributed by atoms with Gasteiger partial charge >= 0.3 is 0 Å². The molecule has 190 valence electrons. The quantitative estimate of drug-likeness (QED) is 0.139. The van der Waals surface area contributed by atoms with E-state index >= 15 is 0 Å². The molecule has 0 unspecified atom stereocenters. The van der Waals surface area contributed by atoms with Crippen LogP contribution in [0.2, 0.25) is 0 Å². The summed E-state index contributed by atoms with van der Waals surface area (Å²) in [6.07, 6.45) is 5.51. The number of primary amides is 1. The standard InChI is InChI=1S/C21H36N8O5/c1-12(27-21(34)17(28-14(3)30)6-4-5-9-22)19(32)26-13(2)20(33)29-16(18(23)31)8-7-15-10-24-11-25-15/h10-13,16-17H,4-9,22H2,1-3H3,(H2,23,31)(H,24,25)(H,26,32)(H,27,34)(H,28,30)(H,29,33)/t12-,13-,16-,17-/m0/s1. The van der Waals surface area contributed by atoms with Gasteiger partial charge in [0.15, 0.2) is 0 Å². The molecule has 1 aromatic rings. The maximum Gasteiger partial charge on any atom is 0.243 e. The van der Waals surface area contributed by atoms with E-state index < -0.39 is 47.8 Å². The molecule has 13 heteroatoms. The highest BCUT2D eigenvalue weighted by atomic mass is 16.2. The van der Waals surface area contributed by atoms with Gasteiger partial charge in [0.05, 0.1) is 6.33 Å². The number of aryl methyl sites for hydroxylation is 1. The van der Waals surface area contributed by atoms with Crippen LogP contribution in [0.1, 0.15) is 52.1 Å². The zero-order chi connectivity index (χ0) is 25.7. The molecule has 0 saturated heterocycles. The van der Waals surface area contributed by atoms with E-state index in [2.05, 4.69) is 31.2 Å². The number of imidazole rings is 1. The molecule has 0 aliphatic carbocycles. The van der Waals surface area contributed by atoms with E-state index in [0.717, 1.165) is 5.69 Å². The lowest BCUT2D eigenvalue weighted by molar-refractivity contribution is -0.133. The van der Waals surface area contributed by atoms with Gasteiger partial charge in [0.25, 0.3) is 0 Å². The van der Waals surface area contributed by atoms with Gasteiger partial charge in [0.2, 0.25) is 29.5 Å². The molecule has 0 bridgehead atoms. The molecule has 0 radical (unpaired) electrons. The summed E-state index contributed by atoms with van der Waals surface area (Å²) in [6.45, 7) is 4.67. The van der Waals surface area contributed by atoms with Crippen molar-refractivity contribution in [2.24, 2.45) is 11.5 Å². The fourth-order valence-electron chi connectivity index (χ4n) is 3.09. The Kier molecular flexibility index (Phi) is 12.3. The second-order valence-corrected chi connectivity index (χ2v) is 8.08. The lowest BCUT2D eigenvalue weighted by Crippen LogP contribution is -2.56. The number of H-pyrrole nitrogens is 1. The third kappa shape index (κ3) is 10.4. The molecule has 0 aliphatic heterocycles. The molecule has 1 rings (SSSR count). The summed E-state index contributed by atoms with van der Waals surface area (Å²) < 4.78 is 0. The minimum atomic E-state index is -0.989. The predicted molar refractivity (Wildman–Crippen MR) is 124 cm³/mol. The maximum atomic E-state index is 12.5. The molecule has 0 saturated carbocycles. The SMILES string of the molecule is CC(=O)N[C@@H](CCCCN)C(=O)N[C@@H](C)C(=O)N[C@@H](C)C(=O)N[C@@H](CCc1cnc[nH]1)C(N)=O. The minimum Gasteiger partial charge on any atom is -0.368 e. The second kappa shape index (κ2) is 14.6. The van der Waals surface area contributed by atoms with E-state index in [1.165, 1.54) is 27.1 Å². The summed E-state index contributed by atoms with van der Waals surface area (Å²) in [6, 6.07) is -3.69. The first-order valence-corrected chi connectivity index (χ1v) is 11.2. The number of amides is 5. The van der Waals surface area contributed by atoms with Gasteiger partial charge in [-0.05, 0) is 52.5 Å². The summed E-state index contributed by atoms with van der Waals surface area (Å²) in [4.78, 5) is 67.4. The molecule has 13 nitrogen and oxygen atoms in total. The van der Waals surface area contributed by atoms with E-state index in [9.17, 15) is 24.0 Å². The van der Waals surface area contributed by atoms with Crippen LogP contribution in [-0.4, -0.2) is 70.2 Å². The number of nitrogens with zero attached hydrogens (tertiary/aromatic N) is 1. The Morgan fingerprint density at radius 2 is 1.53 bits per heavy atom. The summed E-state index contributed by atoms with van der Waals surface area (Å²) in [5, 5.41) is 10.1. The first-order chi connectivity index (χ1) is 16.0. The minimum absolute atomic E-state index is 0.255. The van der Waals surface area contributed by atoms with Crippen molar-refractivity contribution >= 4 is 29.5 Å². The molecule has 0 fully saturated rings. The lowest BCUT2D eigenvalue weighted by atomic mass is 10.1. The van der Waals surface area contributed by atoms with Crippen molar-refractivity contribution in [3.05, 3.63) is 18.2 Å². The summed E-state index contributed by atoms with van der Waals surface area (Å²) in [5.74, 6) is -2.79. The molecule has 5 amide bonds. The number of carbonyl (C=O) groups excluding carboxylic acids is 5. The number of rotatable bonds is 15. The zero-order valence-corrected chi connectivity index (χ0v) is 19.8. The van der Waals surface area contributed by atoms with E-state index in [1.54, 1.807) is 6.20 Å². The van der Waals surface area contributed by atoms with Crippen LogP contribution in [0.5, 0.6) is 0 Å². The number of carbonyl (C=O) groups is 5. The van der Waals surface area contributed by atoms with Crippen LogP contribution in [0.4, 0.5) is 0 Å². The van der Waals surface area contributed by atoms with E-state index in [0.29, 0.717) is 32.2 Å². The highest BCUT2D eigenvalue weighted by Crippen LogP contribution is 2.03. The fraction of sp³-hybridized carbons (Fsp3) is 0.619. The second-order valence-electron chi connectivity index (χ2n) is 8.08. The van der Waals surface area contributed by atoms with Crippen molar-refractivity contribution in [1.82, 2.24) is 31.2 Å². The van der Waals surface area contributed by atoms with Crippen molar-refractivity contribution in [3.63, 3.8) is 0 Å². The van der Waals surface area contributed by atoms with Crippen molar-refractivity contribution in [2.45, 2.75) is 77.0 Å². The highest BCUT2D eigenvalue weighted by Gasteiger charge is 2.26. The van der Waals surface area contributed by atoms with Crippen LogP contribution >= 0.6 is 0 Å². The van der Waals surface area contributed by atoms with Crippen LogP contribution in [0.25, 0.3) is 0 Å². The Bertz CT molecular complexity index is 829. The van der Waals surface area contributed by atoms with Gasteiger partial charge in [0.1, 0.15) is 24.2 Å². The molecule has 0 aromatic carbocycles. The third-order valence-corrected chi connectivity index (χ3v) is 5.06. The smallest absolute Gasteiger partial charge is 0.243 e. The number of aromatic nitrogens is 2. The summed E-state index contributed by atoms with van der Waals surface area (Å²) >= 11 is 0. The van der Waals surface area contributed by atoms with E-state index in [-0.39, 0.29) is 12.3 Å². The number of nitrogens with two attached hydrogens (primary N) is 2. The Labute approximate surface area is 198 Å². The monoisotopic (exact) mass is 480 g/mol. The molecule has 9 N–H and O–H groups in total. The van der Waals surface area contributed by atoms with Crippen LogP contribution in [-0.2, 0) is 30.4 Å². The summed E-state index contributed by atoms with van der Waals surface area (Å²) in [7, 11) is 0. The van der Waals surface area contributed by atoms with Gasteiger partial charge in [-0.25, -0.2) is 4.98 Å². The van der Waals surface area contributed by atoms with Crippen molar-refractivity contribution in [3.8, 4) is 0 Å². The van der Waals surface area contributed by atoms with Crippen molar-refractivity contribution in [2.75, 3.05) is 6.54 Å². The number of hydrogen-bond acceptors (Lipinski definition) is 7. The van der Waals surface area contributed by atoms with Crippen LogP contribution < -0.4 is 32.7 Å². The average Bonchev–Trinajstić information content (AvgIpc) is 3.28. The fourth-order valence-corrected chi connectivity index (χ4v) is 3.09. The largest absolute Gasteiger partial charge is 0.368 e. The predicted octanol–water partition coefficient (Wildman–Crippen LogP) is -2.04. The van der Waals surface area contributed by atoms with Gasteiger partial charge in [-0.3, -0.25) is 24.0 Å². The molecule has 34 heavy (non-hydrogen) atoms. The van der Waals surface area contributed by atoms with Crippen LogP contribution in [0.3, 0.4) is 0 Å². The van der Waals surface area contributed by atoms with Crippen molar-refractivity contribution in [1.29, 1.82) is 0 Å². The number of aromatic amines is 1. The number of nitrogens with one attached hydrogen (secondary N) is 5. The number of hydrogen-bond donors (Lipinski definition) is 7. The topological polar surface area (TPSA) is 214 Å². The zero-order valence-electron chi connectivity index (χ0n) is 19.8. The molecular weight excluding hydrogens is 444 g/mol. The van der Waals surface area contributed by atoms with Crippen LogP contribution in [0.15, 0.2) is 12.5 Å². The maximum absolute atomic E-state index is 12.5. The van der Waals surface area contributed by atoms with E-state index in [1.807, 2.05) is 0 Å². The van der Waals surface area contributed by atoms with E-state index in [4.69, 9.17) is 11.5 Å². The first kappa shape index (κ1) is 28.6. The molecular formula is C21H36N8O5. The normalized spacial score (nSPS) is 14.2. The van der Waals surface area contributed by atoms with Crippen molar-refractivity contribution < 1.29 is 24.0 Å².